The van der Waals surface area contributed by atoms with Gasteiger partial charge in [-0.05, 0) is 31.7 Å². The van der Waals surface area contributed by atoms with Gasteiger partial charge in [0.15, 0.2) is 0 Å². The first-order valence-corrected chi connectivity index (χ1v) is 6.72. The first kappa shape index (κ1) is 14.8. The van der Waals surface area contributed by atoms with E-state index < -0.39 is 6.36 Å². The molecule has 0 amide bonds. The largest absolute Gasteiger partial charge is 0.573 e. The number of rotatable bonds is 4. The molecule has 2 aromatic rings. The number of alkyl halides is 3. The van der Waals surface area contributed by atoms with Crippen molar-refractivity contribution in [3.8, 4) is 5.75 Å². The second-order valence-electron chi connectivity index (χ2n) is 4.17. The van der Waals surface area contributed by atoms with Crippen LogP contribution in [-0.2, 0) is 0 Å². The molecule has 1 aromatic heterocycles. The zero-order valence-electron chi connectivity index (χ0n) is 10.9. The van der Waals surface area contributed by atoms with E-state index in [0.717, 1.165) is 16.3 Å². The van der Waals surface area contributed by atoms with Crippen molar-refractivity contribution in [3.63, 3.8) is 0 Å². The van der Waals surface area contributed by atoms with Crippen LogP contribution >= 0.6 is 11.3 Å². The number of benzene rings is 1. The minimum Gasteiger partial charge on any atom is -0.406 e. The minimum atomic E-state index is -4.67. The standard InChI is InChI=1S/C13H13F3N2OS/c1-8-7-20-12(18-8)11(17-2)9-3-5-10(6-4-9)19-13(14,15)16/h3-7,11,17H,1-2H3. The van der Waals surface area contributed by atoms with Crippen molar-refractivity contribution in [1.29, 1.82) is 0 Å². The summed E-state index contributed by atoms with van der Waals surface area (Å²) in [6.45, 7) is 1.90. The lowest BCUT2D eigenvalue weighted by atomic mass is 10.1. The fourth-order valence-corrected chi connectivity index (χ4v) is 2.73. The number of hydrogen-bond acceptors (Lipinski definition) is 4. The van der Waals surface area contributed by atoms with Crippen LogP contribution in [-0.4, -0.2) is 18.4 Å². The molecule has 0 bridgehead atoms. The maximum atomic E-state index is 12.1. The highest BCUT2D eigenvalue weighted by Crippen LogP contribution is 2.28. The molecular weight excluding hydrogens is 289 g/mol. The molecule has 0 saturated carbocycles. The fraction of sp³-hybridized carbons (Fsp3) is 0.308. The normalized spacial score (nSPS) is 13.2. The van der Waals surface area contributed by atoms with E-state index in [1.54, 1.807) is 19.2 Å². The Balaban J connectivity index is 2.19. The van der Waals surface area contributed by atoms with Crippen molar-refractivity contribution < 1.29 is 17.9 Å². The number of hydrogen-bond donors (Lipinski definition) is 1. The lowest BCUT2D eigenvalue weighted by molar-refractivity contribution is -0.274. The molecule has 0 aliphatic heterocycles. The topological polar surface area (TPSA) is 34.1 Å². The van der Waals surface area contributed by atoms with Gasteiger partial charge in [0.1, 0.15) is 10.8 Å². The molecule has 7 heteroatoms. The average Bonchev–Trinajstić information content (AvgIpc) is 2.77. The third-order valence-electron chi connectivity index (χ3n) is 2.62. The first-order valence-electron chi connectivity index (χ1n) is 5.84. The molecule has 0 aliphatic rings. The summed E-state index contributed by atoms with van der Waals surface area (Å²) in [4.78, 5) is 4.38. The lowest BCUT2D eigenvalue weighted by Crippen LogP contribution is -2.18. The summed E-state index contributed by atoms with van der Waals surface area (Å²) in [6.07, 6.45) is -4.67. The van der Waals surface area contributed by atoms with Crippen LogP contribution in [0.1, 0.15) is 22.3 Å². The Labute approximate surface area is 118 Å². The van der Waals surface area contributed by atoms with Crippen LogP contribution < -0.4 is 10.1 Å². The molecule has 0 fully saturated rings. The summed E-state index contributed by atoms with van der Waals surface area (Å²) in [5.74, 6) is -0.230. The number of halogens is 3. The number of thiazole rings is 1. The van der Waals surface area contributed by atoms with Gasteiger partial charge in [-0.25, -0.2) is 4.98 Å². The van der Waals surface area contributed by atoms with E-state index in [1.165, 1.54) is 23.5 Å². The molecule has 1 atom stereocenters. The van der Waals surface area contributed by atoms with E-state index in [-0.39, 0.29) is 11.8 Å². The van der Waals surface area contributed by atoms with Crippen LogP contribution in [0.15, 0.2) is 29.6 Å². The Hall–Kier alpha value is -1.60. The van der Waals surface area contributed by atoms with Gasteiger partial charge in [-0.2, -0.15) is 0 Å². The second kappa shape index (κ2) is 5.80. The van der Waals surface area contributed by atoms with Gasteiger partial charge < -0.3 is 10.1 Å². The Bertz CT molecular complexity index is 566. The van der Waals surface area contributed by atoms with Gasteiger partial charge in [-0.15, -0.1) is 24.5 Å². The SMILES string of the molecule is CNC(c1ccc(OC(F)(F)F)cc1)c1nc(C)cs1. The number of aromatic nitrogens is 1. The summed E-state index contributed by atoms with van der Waals surface area (Å²) in [5.41, 5.74) is 1.75. The predicted molar refractivity (Wildman–Crippen MR) is 70.9 cm³/mol. The van der Waals surface area contributed by atoms with E-state index in [9.17, 15) is 13.2 Å². The van der Waals surface area contributed by atoms with Gasteiger partial charge >= 0.3 is 6.36 Å². The highest BCUT2D eigenvalue weighted by atomic mass is 32.1. The second-order valence-corrected chi connectivity index (χ2v) is 5.06. The van der Waals surface area contributed by atoms with Crippen molar-refractivity contribution in [1.82, 2.24) is 10.3 Å². The summed E-state index contributed by atoms with van der Waals surface area (Å²) in [7, 11) is 1.78. The molecule has 0 spiro atoms. The molecule has 20 heavy (non-hydrogen) atoms. The zero-order chi connectivity index (χ0) is 14.8. The Morgan fingerprint density at radius 2 is 1.90 bits per heavy atom. The fourth-order valence-electron chi connectivity index (χ4n) is 1.80. The smallest absolute Gasteiger partial charge is 0.406 e. The first-order chi connectivity index (χ1) is 9.39. The number of aryl methyl sites for hydroxylation is 1. The van der Waals surface area contributed by atoms with E-state index in [4.69, 9.17) is 0 Å². The van der Waals surface area contributed by atoms with E-state index >= 15 is 0 Å². The van der Waals surface area contributed by atoms with Crippen LogP contribution in [0.25, 0.3) is 0 Å². The molecule has 0 aliphatic carbocycles. The molecule has 0 radical (unpaired) electrons. The van der Waals surface area contributed by atoms with Gasteiger partial charge in [-0.3, -0.25) is 0 Å². The van der Waals surface area contributed by atoms with E-state index in [2.05, 4.69) is 15.0 Å². The van der Waals surface area contributed by atoms with Crippen LogP contribution in [0, 0.1) is 6.92 Å². The van der Waals surface area contributed by atoms with Gasteiger partial charge in [0.25, 0.3) is 0 Å². The highest BCUT2D eigenvalue weighted by Gasteiger charge is 2.31. The third kappa shape index (κ3) is 3.71. The Morgan fingerprint density at radius 1 is 1.25 bits per heavy atom. The van der Waals surface area contributed by atoms with Crippen LogP contribution in [0.3, 0.4) is 0 Å². The zero-order valence-corrected chi connectivity index (χ0v) is 11.7. The van der Waals surface area contributed by atoms with Crippen LogP contribution in [0.4, 0.5) is 13.2 Å². The molecule has 1 N–H and O–H groups in total. The quantitative estimate of drug-likeness (QED) is 0.936. The Kier molecular flexibility index (Phi) is 4.29. The third-order valence-corrected chi connectivity index (χ3v) is 3.65. The molecule has 0 saturated heterocycles. The van der Waals surface area contributed by atoms with E-state index in [1.807, 2.05) is 12.3 Å². The average molecular weight is 302 g/mol. The maximum Gasteiger partial charge on any atom is 0.573 e. The van der Waals surface area contributed by atoms with Gasteiger partial charge in [0, 0.05) is 11.1 Å². The van der Waals surface area contributed by atoms with Crippen LogP contribution in [0.2, 0.25) is 0 Å². The van der Waals surface area contributed by atoms with Crippen molar-refractivity contribution >= 4 is 11.3 Å². The summed E-state index contributed by atoms with van der Waals surface area (Å²) < 4.78 is 40.1. The number of nitrogens with zero attached hydrogens (tertiary/aromatic N) is 1. The van der Waals surface area contributed by atoms with Crippen molar-refractivity contribution in [3.05, 3.63) is 45.9 Å². The monoisotopic (exact) mass is 302 g/mol. The van der Waals surface area contributed by atoms with Gasteiger partial charge in [0.05, 0.1) is 6.04 Å². The molecule has 1 unspecified atom stereocenters. The predicted octanol–water partition coefficient (Wildman–Crippen LogP) is 3.66. The minimum absolute atomic E-state index is 0.145. The van der Waals surface area contributed by atoms with Gasteiger partial charge in [-0.1, -0.05) is 12.1 Å². The molecule has 108 valence electrons. The van der Waals surface area contributed by atoms with Crippen LogP contribution in [0.5, 0.6) is 5.75 Å². The molecule has 1 heterocycles. The number of nitrogens with one attached hydrogen (secondary N) is 1. The molecule has 2 rings (SSSR count). The summed E-state index contributed by atoms with van der Waals surface area (Å²) in [6, 6.07) is 5.65. The summed E-state index contributed by atoms with van der Waals surface area (Å²) in [5, 5.41) is 5.90. The molecular formula is C13H13F3N2OS. The molecule has 3 nitrogen and oxygen atoms in total. The molecule has 1 aromatic carbocycles. The lowest BCUT2D eigenvalue weighted by Gasteiger charge is -2.15. The van der Waals surface area contributed by atoms with Crippen molar-refractivity contribution in [2.24, 2.45) is 0 Å². The maximum absolute atomic E-state index is 12.1. The van der Waals surface area contributed by atoms with Gasteiger partial charge in [0.2, 0.25) is 0 Å². The summed E-state index contributed by atoms with van der Waals surface area (Å²) >= 11 is 1.51. The van der Waals surface area contributed by atoms with E-state index in [0.29, 0.717) is 0 Å². The Morgan fingerprint density at radius 3 is 2.35 bits per heavy atom. The van der Waals surface area contributed by atoms with Crippen molar-refractivity contribution in [2.45, 2.75) is 19.3 Å². The highest BCUT2D eigenvalue weighted by molar-refractivity contribution is 7.09. The number of ether oxygens (including phenoxy) is 1. The van der Waals surface area contributed by atoms with Crippen molar-refractivity contribution in [2.75, 3.05) is 7.05 Å².